The third-order valence-electron chi connectivity index (χ3n) is 3.04. The van der Waals surface area contributed by atoms with Gasteiger partial charge >= 0.3 is 0 Å². The number of halogens is 2. The van der Waals surface area contributed by atoms with Crippen molar-refractivity contribution < 1.29 is 4.79 Å². The Balaban J connectivity index is 2.95. The highest BCUT2D eigenvalue weighted by Gasteiger charge is 2.21. The number of carbonyl (C=O) groups is 1. The second kappa shape index (κ2) is 7.95. The summed E-state index contributed by atoms with van der Waals surface area (Å²) in [6.07, 6.45) is 1.98. The lowest BCUT2D eigenvalue weighted by atomic mass is 10.1. The molecule has 0 unspecified atom stereocenters. The summed E-state index contributed by atoms with van der Waals surface area (Å²) < 4.78 is 0.941. The Morgan fingerprint density at radius 1 is 1.33 bits per heavy atom. The van der Waals surface area contributed by atoms with Crippen LogP contribution in [-0.2, 0) is 0 Å². The highest BCUT2D eigenvalue weighted by Crippen LogP contribution is 2.17. The van der Waals surface area contributed by atoms with E-state index in [1.165, 1.54) is 0 Å². The Morgan fingerprint density at radius 3 is 2.50 bits per heavy atom. The van der Waals surface area contributed by atoms with Crippen LogP contribution in [0.5, 0.6) is 0 Å². The smallest absolute Gasteiger partial charge is 0.254 e. The van der Waals surface area contributed by atoms with E-state index in [2.05, 4.69) is 45.7 Å². The second-order valence-corrected chi connectivity index (χ2v) is 5.88. The SMILES string of the molecule is CCC(CC)N(CCBr)C(=O)c1cccc(Br)c1. The summed E-state index contributed by atoms with van der Waals surface area (Å²) in [4.78, 5) is 14.5. The minimum absolute atomic E-state index is 0.115. The minimum atomic E-state index is 0.115. The van der Waals surface area contributed by atoms with E-state index in [0.29, 0.717) is 6.04 Å². The maximum Gasteiger partial charge on any atom is 0.254 e. The van der Waals surface area contributed by atoms with Gasteiger partial charge in [0.25, 0.3) is 5.91 Å². The van der Waals surface area contributed by atoms with Gasteiger partial charge in [-0.05, 0) is 31.0 Å². The number of hydrogen-bond acceptors (Lipinski definition) is 1. The molecule has 1 aromatic rings. The average molecular weight is 377 g/mol. The first-order valence-corrected chi connectivity index (χ1v) is 8.17. The predicted octanol–water partition coefficient (Wildman–Crippen LogP) is 4.47. The number of carbonyl (C=O) groups excluding carboxylic acids is 1. The zero-order valence-electron chi connectivity index (χ0n) is 10.8. The molecule has 0 bridgehead atoms. The normalized spacial score (nSPS) is 10.7. The van der Waals surface area contributed by atoms with Gasteiger partial charge in [0.15, 0.2) is 0 Å². The van der Waals surface area contributed by atoms with E-state index >= 15 is 0 Å². The van der Waals surface area contributed by atoms with Crippen molar-refractivity contribution in [2.75, 3.05) is 11.9 Å². The molecule has 1 rings (SSSR count). The maximum absolute atomic E-state index is 12.5. The zero-order valence-corrected chi connectivity index (χ0v) is 14.0. The standard InChI is InChI=1S/C14H19Br2NO/c1-3-13(4-2)17(9-8-15)14(18)11-6-5-7-12(16)10-11/h5-7,10,13H,3-4,8-9H2,1-2H3. The van der Waals surface area contributed by atoms with Gasteiger partial charge in [0.05, 0.1) is 0 Å². The number of nitrogens with zero attached hydrogens (tertiary/aromatic N) is 1. The summed E-state index contributed by atoms with van der Waals surface area (Å²) in [7, 11) is 0. The quantitative estimate of drug-likeness (QED) is 0.670. The molecular weight excluding hydrogens is 358 g/mol. The van der Waals surface area contributed by atoms with Crippen LogP contribution in [-0.4, -0.2) is 28.7 Å². The van der Waals surface area contributed by atoms with Crippen LogP contribution in [0.15, 0.2) is 28.7 Å². The molecule has 0 aliphatic carbocycles. The lowest BCUT2D eigenvalue weighted by Gasteiger charge is -2.30. The number of alkyl halides is 1. The van der Waals surface area contributed by atoms with Crippen LogP contribution in [0, 0.1) is 0 Å². The van der Waals surface area contributed by atoms with Crippen LogP contribution >= 0.6 is 31.9 Å². The molecule has 0 N–H and O–H groups in total. The first-order valence-electron chi connectivity index (χ1n) is 6.26. The number of amides is 1. The first kappa shape index (κ1) is 15.7. The first-order chi connectivity index (χ1) is 8.63. The molecule has 0 saturated heterocycles. The molecule has 0 fully saturated rings. The Hall–Kier alpha value is -0.350. The number of benzene rings is 1. The van der Waals surface area contributed by atoms with Crippen molar-refractivity contribution in [2.45, 2.75) is 32.7 Å². The maximum atomic E-state index is 12.5. The average Bonchev–Trinajstić information content (AvgIpc) is 2.38. The Bertz CT molecular complexity index is 391. The van der Waals surface area contributed by atoms with E-state index in [9.17, 15) is 4.79 Å². The highest BCUT2D eigenvalue weighted by molar-refractivity contribution is 9.10. The summed E-state index contributed by atoms with van der Waals surface area (Å²) in [6, 6.07) is 7.90. The van der Waals surface area contributed by atoms with E-state index in [4.69, 9.17) is 0 Å². The van der Waals surface area contributed by atoms with E-state index in [-0.39, 0.29) is 5.91 Å². The van der Waals surface area contributed by atoms with Crippen molar-refractivity contribution in [3.8, 4) is 0 Å². The molecule has 0 atom stereocenters. The molecule has 100 valence electrons. The van der Waals surface area contributed by atoms with E-state index in [1.54, 1.807) is 0 Å². The van der Waals surface area contributed by atoms with Gasteiger partial charge < -0.3 is 4.90 Å². The Kier molecular flexibility index (Phi) is 6.94. The van der Waals surface area contributed by atoms with Gasteiger partial charge in [-0.2, -0.15) is 0 Å². The molecule has 2 nitrogen and oxygen atoms in total. The largest absolute Gasteiger partial charge is 0.335 e. The monoisotopic (exact) mass is 375 g/mol. The predicted molar refractivity (Wildman–Crippen MR) is 83.3 cm³/mol. The van der Waals surface area contributed by atoms with Crippen LogP contribution in [0.4, 0.5) is 0 Å². The van der Waals surface area contributed by atoms with Crippen LogP contribution in [0.3, 0.4) is 0 Å². The topological polar surface area (TPSA) is 20.3 Å². The zero-order chi connectivity index (χ0) is 13.5. The molecule has 0 radical (unpaired) electrons. The van der Waals surface area contributed by atoms with E-state index in [0.717, 1.165) is 34.8 Å². The van der Waals surface area contributed by atoms with Crippen molar-refractivity contribution in [3.63, 3.8) is 0 Å². The summed E-state index contributed by atoms with van der Waals surface area (Å²) in [5, 5.41) is 0.809. The van der Waals surface area contributed by atoms with Crippen LogP contribution < -0.4 is 0 Å². The number of hydrogen-bond donors (Lipinski definition) is 0. The van der Waals surface area contributed by atoms with Gasteiger partial charge in [0, 0.05) is 28.0 Å². The Labute approximate surface area is 126 Å². The van der Waals surface area contributed by atoms with Gasteiger partial charge in [-0.25, -0.2) is 0 Å². The van der Waals surface area contributed by atoms with Crippen molar-refractivity contribution in [3.05, 3.63) is 34.3 Å². The number of rotatable bonds is 6. The molecule has 0 aromatic heterocycles. The van der Waals surface area contributed by atoms with Crippen LogP contribution in [0.25, 0.3) is 0 Å². The third-order valence-corrected chi connectivity index (χ3v) is 3.89. The summed E-state index contributed by atoms with van der Waals surface area (Å²) in [5.74, 6) is 0.115. The summed E-state index contributed by atoms with van der Waals surface area (Å²) in [5.41, 5.74) is 0.747. The third kappa shape index (κ3) is 4.09. The van der Waals surface area contributed by atoms with Crippen molar-refractivity contribution >= 4 is 37.8 Å². The van der Waals surface area contributed by atoms with Gasteiger partial charge in [-0.15, -0.1) is 0 Å². The minimum Gasteiger partial charge on any atom is -0.335 e. The fourth-order valence-electron chi connectivity index (χ4n) is 2.06. The molecule has 18 heavy (non-hydrogen) atoms. The van der Waals surface area contributed by atoms with Crippen molar-refractivity contribution in [2.24, 2.45) is 0 Å². The fraction of sp³-hybridized carbons (Fsp3) is 0.500. The van der Waals surface area contributed by atoms with E-state index in [1.807, 2.05) is 29.2 Å². The van der Waals surface area contributed by atoms with Gasteiger partial charge in [0.2, 0.25) is 0 Å². The summed E-state index contributed by atoms with van der Waals surface area (Å²) in [6.45, 7) is 5.00. The molecule has 1 aromatic carbocycles. The fourth-order valence-corrected chi connectivity index (χ4v) is 2.84. The van der Waals surface area contributed by atoms with Gasteiger partial charge in [0.1, 0.15) is 0 Å². The molecule has 0 saturated carbocycles. The molecule has 4 heteroatoms. The van der Waals surface area contributed by atoms with E-state index < -0.39 is 0 Å². The second-order valence-electron chi connectivity index (χ2n) is 4.17. The molecular formula is C14H19Br2NO. The van der Waals surface area contributed by atoms with Crippen molar-refractivity contribution in [1.29, 1.82) is 0 Å². The highest BCUT2D eigenvalue weighted by atomic mass is 79.9. The van der Waals surface area contributed by atoms with Gasteiger partial charge in [-0.3, -0.25) is 4.79 Å². The lowest BCUT2D eigenvalue weighted by Crippen LogP contribution is -2.41. The molecule has 1 amide bonds. The molecule has 0 spiro atoms. The lowest BCUT2D eigenvalue weighted by molar-refractivity contribution is 0.0683. The molecule has 0 aliphatic rings. The van der Waals surface area contributed by atoms with Crippen molar-refractivity contribution in [1.82, 2.24) is 4.90 Å². The van der Waals surface area contributed by atoms with Crippen LogP contribution in [0.1, 0.15) is 37.0 Å². The molecule has 0 aliphatic heterocycles. The summed E-state index contributed by atoms with van der Waals surface area (Å²) >= 11 is 6.84. The Morgan fingerprint density at radius 2 is 2.00 bits per heavy atom. The van der Waals surface area contributed by atoms with Crippen LogP contribution in [0.2, 0.25) is 0 Å². The van der Waals surface area contributed by atoms with Gasteiger partial charge in [-0.1, -0.05) is 51.8 Å². The molecule has 0 heterocycles.